The Bertz CT molecular complexity index is 767. The largest absolute Gasteiger partial charge is 0.339 e. The maximum Gasteiger partial charge on any atom is 0.227 e. The fourth-order valence-electron chi connectivity index (χ4n) is 1.98. The molecule has 1 N–H and O–H groups in total. The average Bonchev–Trinajstić information content (AvgIpc) is 3.25. The Labute approximate surface area is 142 Å². The summed E-state index contributed by atoms with van der Waals surface area (Å²) in [7, 11) is 0. The Morgan fingerprint density at radius 2 is 2.13 bits per heavy atom. The van der Waals surface area contributed by atoms with Crippen molar-refractivity contribution in [3.8, 4) is 11.4 Å². The number of nitrogens with zero attached hydrogens (tertiary/aromatic N) is 2. The lowest BCUT2D eigenvalue weighted by molar-refractivity contribution is -0.116. The molecule has 0 unspecified atom stereocenters. The van der Waals surface area contributed by atoms with E-state index in [1.807, 2.05) is 47.3 Å². The van der Waals surface area contributed by atoms with Crippen LogP contribution < -0.4 is 5.32 Å². The van der Waals surface area contributed by atoms with E-state index in [0.29, 0.717) is 24.6 Å². The molecule has 0 saturated heterocycles. The first kappa shape index (κ1) is 15.8. The Morgan fingerprint density at radius 1 is 1.30 bits per heavy atom. The molecule has 0 bridgehead atoms. The number of benzene rings is 1. The van der Waals surface area contributed by atoms with Gasteiger partial charge in [-0.3, -0.25) is 4.79 Å². The van der Waals surface area contributed by atoms with Crippen molar-refractivity contribution >= 4 is 34.7 Å². The van der Waals surface area contributed by atoms with E-state index in [2.05, 4.69) is 15.5 Å². The first-order valence-corrected chi connectivity index (χ1v) is 9.20. The first-order valence-electron chi connectivity index (χ1n) is 7.03. The zero-order chi connectivity index (χ0) is 16.1. The number of rotatable bonds is 6. The molecule has 2 heterocycles. The summed E-state index contributed by atoms with van der Waals surface area (Å²) < 4.78 is 5.18. The average molecular weight is 345 g/mol. The van der Waals surface area contributed by atoms with Crippen LogP contribution in [0.1, 0.15) is 12.3 Å². The molecule has 0 aliphatic heterocycles. The van der Waals surface area contributed by atoms with Crippen molar-refractivity contribution in [2.24, 2.45) is 0 Å². The molecule has 3 aromatic rings. The molecule has 23 heavy (non-hydrogen) atoms. The van der Waals surface area contributed by atoms with Crippen molar-refractivity contribution in [1.29, 1.82) is 0 Å². The van der Waals surface area contributed by atoms with E-state index in [4.69, 9.17) is 4.52 Å². The van der Waals surface area contributed by atoms with Gasteiger partial charge < -0.3 is 9.84 Å². The molecule has 7 heteroatoms. The fraction of sp³-hybridized carbons (Fsp3) is 0.188. The Balaban J connectivity index is 1.52. The van der Waals surface area contributed by atoms with E-state index >= 15 is 0 Å². The third-order valence-corrected chi connectivity index (χ3v) is 4.61. The van der Waals surface area contributed by atoms with Crippen molar-refractivity contribution < 1.29 is 9.32 Å². The second kappa shape index (κ2) is 7.43. The summed E-state index contributed by atoms with van der Waals surface area (Å²) in [6.07, 6.45) is 2.74. The van der Waals surface area contributed by atoms with Gasteiger partial charge in [-0.05, 0) is 42.0 Å². The molecule has 0 saturated carbocycles. The number of anilines is 1. The molecule has 1 aromatic carbocycles. The summed E-state index contributed by atoms with van der Waals surface area (Å²) in [5.74, 6) is 0.963. The highest BCUT2D eigenvalue weighted by Gasteiger charge is 2.11. The number of hydrogen-bond acceptors (Lipinski definition) is 6. The molecule has 118 valence electrons. The molecule has 0 fully saturated rings. The number of aryl methyl sites for hydroxylation is 1. The molecule has 0 aliphatic rings. The van der Waals surface area contributed by atoms with Crippen LogP contribution in [0.15, 0.2) is 50.5 Å². The van der Waals surface area contributed by atoms with E-state index in [0.717, 1.165) is 16.1 Å². The predicted octanol–water partition coefficient (Wildman–Crippen LogP) is 4.09. The third kappa shape index (κ3) is 4.20. The number of thioether (sulfide) groups is 1. The highest BCUT2D eigenvalue weighted by Crippen LogP contribution is 2.20. The van der Waals surface area contributed by atoms with E-state index in [1.54, 1.807) is 23.1 Å². The number of carbonyl (C=O) groups excluding carboxylic acids is 1. The van der Waals surface area contributed by atoms with Gasteiger partial charge in [0.05, 0.1) is 0 Å². The number of thiophene rings is 1. The smallest absolute Gasteiger partial charge is 0.227 e. The van der Waals surface area contributed by atoms with Gasteiger partial charge in [0.15, 0.2) is 0 Å². The van der Waals surface area contributed by atoms with Crippen LogP contribution in [-0.4, -0.2) is 22.3 Å². The van der Waals surface area contributed by atoms with Gasteiger partial charge >= 0.3 is 0 Å². The minimum absolute atomic E-state index is 0.0721. The number of carbonyl (C=O) groups is 1. The second-order valence-electron chi connectivity index (χ2n) is 4.80. The van der Waals surface area contributed by atoms with Gasteiger partial charge in [-0.15, -0.1) is 11.8 Å². The Hall–Kier alpha value is -2.12. The molecule has 0 radical (unpaired) electrons. The van der Waals surface area contributed by atoms with Crippen molar-refractivity contribution in [3.05, 3.63) is 47.0 Å². The molecule has 0 aliphatic carbocycles. The Morgan fingerprint density at radius 3 is 2.83 bits per heavy atom. The standard InChI is InChI=1S/C16H15N3O2S2/c1-22-13-4-2-12(3-5-13)17-14(20)6-7-15-18-16(19-21-15)11-8-9-23-10-11/h2-5,8-10H,6-7H2,1H3,(H,17,20). The maximum absolute atomic E-state index is 12.0. The molecular weight excluding hydrogens is 330 g/mol. The molecule has 0 spiro atoms. The number of nitrogens with one attached hydrogen (secondary N) is 1. The van der Waals surface area contributed by atoms with Gasteiger partial charge in [0.1, 0.15) is 0 Å². The third-order valence-electron chi connectivity index (χ3n) is 3.19. The van der Waals surface area contributed by atoms with Crippen LogP contribution in [0, 0.1) is 0 Å². The van der Waals surface area contributed by atoms with Crippen LogP contribution in [0.4, 0.5) is 5.69 Å². The van der Waals surface area contributed by atoms with Crippen LogP contribution in [0.2, 0.25) is 0 Å². The number of amides is 1. The van der Waals surface area contributed by atoms with Crippen molar-refractivity contribution in [2.75, 3.05) is 11.6 Å². The fourth-order valence-corrected chi connectivity index (χ4v) is 3.03. The minimum Gasteiger partial charge on any atom is -0.339 e. The SMILES string of the molecule is CSc1ccc(NC(=O)CCc2nc(-c3ccsc3)no2)cc1. The molecule has 0 atom stereocenters. The van der Waals surface area contributed by atoms with Crippen molar-refractivity contribution in [2.45, 2.75) is 17.7 Å². The Kier molecular flexibility index (Phi) is 5.09. The lowest BCUT2D eigenvalue weighted by atomic mass is 10.2. The van der Waals surface area contributed by atoms with Gasteiger partial charge in [-0.2, -0.15) is 16.3 Å². The molecule has 3 rings (SSSR count). The van der Waals surface area contributed by atoms with Crippen LogP contribution in [-0.2, 0) is 11.2 Å². The van der Waals surface area contributed by atoms with Crippen LogP contribution in [0.25, 0.3) is 11.4 Å². The summed E-state index contributed by atoms with van der Waals surface area (Å²) in [5.41, 5.74) is 1.72. The lowest BCUT2D eigenvalue weighted by Gasteiger charge is -2.04. The minimum atomic E-state index is -0.0721. The van der Waals surface area contributed by atoms with Gasteiger partial charge in [-0.25, -0.2) is 0 Å². The van der Waals surface area contributed by atoms with E-state index in [1.165, 1.54) is 0 Å². The topological polar surface area (TPSA) is 68.0 Å². The molecule has 2 aromatic heterocycles. The van der Waals surface area contributed by atoms with E-state index in [9.17, 15) is 4.79 Å². The summed E-state index contributed by atoms with van der Waals surface area (Å²) in [6.45, 7) is 0. The van der Waals surface area contributed by atoms with Crippen molar-refractivity contribution in [3.63, 3.8) is 0 Å². The highest BCUT2D eigenvalue weighted by molar-refractivity contribution is 7.98. The van der Waals surface area contributed by atoms with Crippen LogP contribution >= 0.6 is 23.1 Å². The molecule has 1 amide bonds. The van der Waals surface area contributed by atoms with Gasteiger partial charge in [-0.1, -0.05) is 5.16 Å². The lowest BCUT2D eigenvalue weighted by Crippen LogP contribution is -2.12. The molecular formula is C16H15N3O2S2. The highest BCUT2D eigenvalue weighted by atomic mass is 32.2. The quantitative estimate of drug-likeness (QED) is 0.682. The van der Waals surface area contributed by atoms with Gasteiger partial charge in [0.25, 0.3) is 0 Å². The predicted molar refractivity (Wildman–Crippen MR) is 92.8 cm³/mol. The first-order chi connectivity index (χ1) is 11.2. The van der Waals surface area contributed by atoms with Gasteiger partial charge in [0, 0.05) is 34.4 Å². The normalized spacial score (nSPS) is 10.7. The van der Waals surface area contributed by atoms with E-state index < -0.39 is 0 Å². The zero-order valence-electron chi connectivity index (χ0n) is 12.5. The van der Waals surface area contributed by atoms with Gasteiger partial charge in [0.2, 0.25) is 17.6 Å². The summed E-state index contributed by atoms with van der Waals surface area (Å²) in [6, 6.07) is 9.68. The second-order valence-corrected chi connectivity index (χ2v) is 6.46. The summed E-state index contributed by atoms with van der Waals surface area (Å²) >= 11 is 3.24. The van der Waals surface area contributed by atoms with Crippen LogP contribution in [0.5, 0.6) is 0 Å². The van der Waals surface area contributed by atoms with Crippen molar-refractivity contribution in [1.82, 2.24) is 10.1 Å². The van der Waals surface area contributed by atoms with Crippen LogP contribution in [0.3, 0.4) is 0 Å². The molecule has 5 nitrogen and oxygen atoms in total. The number of hydrogen-bond donors (Lipinski definition) is 1. The summed E-state index contributed by atoms with van der Waals surface area (Å²) in [4.78, 5) is 17.4. The summed E-state index contributed by atoms with van der Waals surface area (Å²) in [5, 5.41) is 10.7. The van der Waals surface area contributed by atoms with E-state index in [-0.39, 0.29) is 5.91 Å². The zero-order valence-corrected chi connectivity index (χ0v) is 14.1. The maximum atomic E-state index is 12.0. The number of aromatic nitrogens is 2. The monoisotopic (exact) mass is 345 g/mol.